The van der Waals surface area contributed by atoms with Gasteiger partial charge in [-0.1, -0.05) is 17.7 Å². The molecular formula is C20H21ClN2O5S. The van der Waals surface area contributed by atoms with Crippen LogP contribution in [0.4, 0.5) is 5.69 Å². The van der Waals surface area contributed by atoms with Crippen molar-refractivity contribution in [2.24, 2.45) is 0 Å². The van der Waals surface area contributed by atoms with Gasteiger partial charge in [-0.05, 0) is 62.2 Å². The monoisotopic (exact) mass is 436 g/mol. The average molecular weight is 437 g/mol. The van der Waals surface area contributed by atoms with Crippen molar-refractivity contribution in [1.29, 1.82) is 0 Å². The van der Waals surface area contributed by atoms with E-state index in [0.29, 0.717) is 23.8 Å². The lowest BCUT2D eigenvalue weighted by Crippen LogP contribution is -2.38. The lowest BCUT2D eigenvalue weighted by molar-refractivity contribution is -0.138. The number of sulfonamides is 1. The van der Waals surface area contributed by atoms with E-state index in [1.807, 2.05) is 0 Å². The summed E-state index contributed by atoms with van der Waals surface area (Å²) in [5.74, 6) is -1.00. The number of rotatable bonds is 6. The van der Waals surface area contributed by atoms with Crippen molar-refractivity contribution in [3.05, 3.63) is 59.1 Å². The van der Waals surface area contributed by atoms with E-state index in [1.54, 1.807) is 17.0 Å². The first kappa shape index (κ1) is 21.1. The fourth-order valence-corrected chi connectivity index (χ4v) is 4.23. The second-order valence-corrected chi connectivity index (χ2v) is 8.84. The molecule has 9 heteroatoms. The summed E-state index contributed by atoms with van der Waals surface area (Å²) < 4.78 is 32.9. The number of nitrogens with zero attached hydrogens (tertiary/aromatic N) is 1. The molecule has 1 heterocycles. The largest absolute Gasteiger partial charge is 0.449 e. The Hall–Kier alpha value is -2.58. The van der Waals surface area contributed by atoms with Crippen LogP contribution >= 0.6 is 11.6 Å². The van der Waals surface area contributed by atoms with Crippen LogP contribution in [0.2, 0.25) is 5.02 Å². The highest BCUT2D eigenvalue weighted by atomic mass is 35.5. The van der Waals surface area contributed by atoms with Gasteiger partial charge < -0.3 is 9.64 Å². The molecule has 0 saturated carbocycles. The highest BCUT2D eigenvalue weighted by Crippen LogP contribution is 2.20. The molecule has 1 N–H and O–H groups in total. The van der Waals surface area contributed by atoms with Crippen LogP contribution in [0.1, 0.15) is 30.1 Å². The van der Waals surface area contributed by atoms with Gasteiger partial charge in [0.15, 0.2) is 6.10 Å². The lowest BCUT2D eigenvalue weighted by atomic mass is 10.2. The summed E-state index contributed by atoms with van der Waals surface area (Å²) in [7, 11) is -3.92. The predicted octanol–water partition coefficient (Wildman–Crippen LogP) is 3.31. The Morgan fingerprint density at radius 1 is 1.10 bits per heavy atom. The second-order valence-electron chi connectivity index (χ2n) is 6.72. The minimum atomic E-state index is -3.92. The Kier molecular flexibility index (Phi) is 6.44. The third kappa shape index (κ3) is 5.27. The van der Waals surface area contributed by atoms with Crippen molar-refractivity contribution >= 4 is 39.2 Å². The summed E-state index contributed by atoms with van der Waals surface area (Å²) in [6.45, 7) is 2.83. The molecule has 0 radical (unpaired) electrons. The van der Waals surface area contributed by atoms with E-state index in [4.69, 9.17) is 16.3 Å². The molecule has 29 heavy (non-hydrogen) atoms. The molecule has 2 aromatic rings. The van der Waals surface area contributed by atoms with Crippen LogP contribution in [0.5, 0.6) is 0 Å². The molecule has 1 amide bonds. The first-order valence-corrected chi connectivity index (χ1v) is 11.0. The molecule has 2 aromatic carbocycles. The van der Waals surface area contributed by atoms with E-state index >= 15 is 0 Å². The molecule has 0 spiro atoms. The van der Waals surface area contributed by atoms with Crippen molar-refractivity contribution in [2.45, 2.75) is 30.8 Å². The van der Waals surface area contributed by atoms with Crippen LogP contribution in [0.25, 0.3) is 0 Å². The molecule has 3 rings (SSSR count). The Balaban J connectivity index is 1.71. The molecule has 1 atom stereocenters. The fourth-order valence-electron chi connectivity index (χ4n) is 3.00. The van der Waals surface area contributed by atoms with Crippen molar-refractivity contribution in [1.82, 2.24) is 4.90 Å². The molecule has 7 nitrogen and oxygen atoms in total. The number of carbonyl (C=O) groups is 2. The quantitative estimate of drug-likeness (QED) is 0.701. The summed E-state index contributed by atoms with van der Waals surface area (Å²) in [5, 5.41) is 0.482. The van der Waals surface area contributed by atoms with Crippen molar-refractivity contribution in [2.75, 3.05) is 17.8 Å². The zero-order valence-corrected chi connectivity index (χ0v) is 17.4. The number of halogens is 1. The second kappa shape index (κ2) is 8.84. The molecule has 0 bridgehead atoms. The van der Waals surface area contributed by atoms with Crippen LogP contribution in [-0.4, -0.2) is 44.4 Å². The maximum atomic E-state index is 12.6. The maximum Gasteiger partial charge on any atom is 0.338 e. The maximum absolute atomic E-state index is 12.6. The number of hydrogen-bond acceptors (Lipinski definition) is 5. The number of ether oxygens (including phenoxy) is 1. The van der Waals surface area contributed by atoms with Gasteiger partial charge in [0.25, 0.3) is 15.9 Å². The summed E-state index contributed by atoms with van der Waals surface area (Å²) in [6, 6.07) is 11.7. The zero-order chi connectivity index (χ0) is 21.0. The first-order chi connectivity index (χ1) is 13.8. The summed E-state index contributed by atoms with van der Waals surface area (Å²) in [4.78, 5) is 26.3. The van der Waals surface area contributed by atoms with Gasteiger partial charge in [0, 0.05) is 23.8 Å². The molecular weight excluding hydrogens is 416 g/mol. The van der Waals surface area contributed by atoms with Crippen LogP contribution in [0, 0.1) is 0 Å². The topological polar surface area (TPSA) is 92.8 Å². The molecule has 1 saturated heterocycles. The Bertz CT molecular complexity index is 1000. The van der Waals surface area contributed by atoms with Gasteiger partial charge in [0.1, 0.15) is 0 Å². The van der Waals surface area contributed by atoms with Crippen LogP contribution in [-0.2, 0) is 19.6 Å². The van der Waals surface area contributed by atoms with Crippen molar-refractivity contribution < 1.29 is 22.7 Å². The van der Waals surface area contributed by atoms with E-state index in [0.717, 1.165) is 12.8 Å². The first-order valence-electron chi connectivity index (χ1n) is 9.14. The van der Waals surface area contributed by atoms with Gasteiger partial charge in [-0.25, -0.2) is 13.2 Å². The number of nitrogens with one attached hydrogen (secondary N) is 1. The summed E-state index contributed by atoms with van der Waals surface area (Å²) >= 11 is 5.81. The van der Waals surface area contributed by atoms with Gasteiger partial charge >= 0.3 is 5.97 Å². The number of benzene rings is 2. The van der Waals surface area contributed by atoms with Gasteiger partial charge in [-0.15, -0.1) is 0 Å². The minimum Gasteiger partial charge on any atom is -0.449 e. The van der Waals surface area contributed by atoms with Crippen LogP contribution in [0.15, 0.2) is 53.4 Å². The van der Waals surface area contributed by atoms with Crippen molar-refractivity contribution in [3.8, 4) is 0 Å². The Labute approximate surface area is 174 Å². The van der Waals surface area contributed by atoms with Gasteiger partial charge in [-0.3, -0.25) is 9.52 Å². The standard InChI is InChI=1S/C20H21ClN2O5S/c1-14(19(24)23-11-2-3-12-23)28-20(25)15-5-4-6-18(13-15)29(26,27)22-17-9-7-16(21)8-10-17/h4-10,13-14,22H,2-3,11-12H2,1H3. The number of esters is 1. The summed E-state index contributed by atoms with van der Waals surface area (Å²) in [5.41, 5.74) is 0.386. The fraction of sp³-hybridized carbons (Fsp3) is 0.300. The molecule has 1 aliphatic rings. The molecule has 0 aliphatic carbocycles. The summed E-state index contributed by atoms with van der Waals surface area (Å²) in [6.07, 6.45) is 0.938. The van der Waals surface area contributed by atoms with Gasteiger partial charge in [-0.2, -0.15) is 0 Å². The number of amides is 1. The smallest absolute Gasteiger partial charge is 0.338 e. The molecule has 1 aliphatic heterocycles. The zero-order valence-electron chi connectivity index (χ0n) is 15.8. The lowest BCUT2D eigenvalue weighted by Gasteiger charge is -2.20. The predicted molar refractivity (Wildman–Crippen MR) is 109 cm³/mol. The highest BCUT2D eigenvalue weighted by Gasteiger charge is 2.26. The molecule has 1 fully saturated rings. The molecule has 0 aromatic heterocycles. The number of anilines is 1. The number of carbonyl (C=O) groups excluding carboxylic acids is 2. The van der Waals surface area contributed by atoms with Gasteiger partial charge in [0.05, 0.1) is 10.5 Å². The number of hydrogen-bond donors (Lipinski definition) is 1. The third-order valence-corrected chi connectivity index (χ3v) is 6.16. The molecule has 154 valence electrons. The normalized spacial score (nSPS) is 15.0. The SMILES string of the molecule is CC(OC(=O)c1cccc(S(=O)(=O)Nc2ccc(Cl)cc2)c1)C(=O)N1CCCC1. The number of likely N-dealkylation sites (tertiary alicyclic amines) is 1. The molecule has 1 unspecified atom stereocenters. The van der Waals surface area contributed by atoms with E-state index in [1.165, 1.54) is 43.3 Å². The third-order valence-electron chi connectivity index (χ3n) is 4.53. The van der Waals surface area contributed by atoms with E-state index < -0.39 is 22.1 Å². The van der Waals surface area contributed by atoms with Crippen LogP contribution < -0.4 is 4.72 Å². The Morgan fingerprint density at radius 2 is 1.76 bits per heavy atom. The van der Waals surface area contributed by atoms with Gasteiger partial charge in [0.2, 0.25) is 0 Å². The average Bonchev–Trinajstić information content (AvgIpc) is 3.24. The highest BCUT2D eigenvalue weighted by molar-refractivity contribution is 7.92. The van der Waals surface area contributed by atoms with Crippen LogP contribution in [0.3, 0.4) is 0 Å². The van der Waals surface area contributed by atoms with E-state index in [-0.39, 0.29) is 16.4 Å². The van der Waals surface area contributed by atoms with E-state index in [9.17, 15) is 18.0 Å². The van der Waals surface area contributed by atoms with E-state index in [2.05, 4.69) is 4.72 Å². The Morgan fingerprint density at radius 3 is 2.41 bits per heavy atom. The van der Waals surface area contributed by atoms with Crippen molar-refractivity contribution in [3.63, 3.8) is 0 Å². The minimum absolute atomic E-state index is 0.0463.